The molecule has 0 aromatic heterocycles. The third kappa shape index (κ3) is 13.0. The number of carbonyl (C=O) groups excluding carboxylic acids is 1. The maximum absolute atomic E-state index is 12.0. The van der Waals surface area contributed by atoms with E-state index in [0.717, 1.165) is 12.8 Å². The first kappa shape index (κ1) is 20.6. The molecule has 0 aromatic carbocycles. The van der Waals surface area contributed by atoms with Gasteiger partial charge in [-0.05, 0) is 37.4 Å². The van der Waals surface area contributed by atoms with Gasteiger partial charge in [-0.2, -0.15) is 13.2 Å². The molecule has 0 bridgehead atoms. The number of halogens is 3. The zero-order valence-corrected chi connectivity index (χ0v) is 14.0. The van der Waals surface area contributed by atoms with Crippen LogP contribution in [0.5, 0.6) is 0 Å². The van der Waals surface area contributed by atoms with Gasteiger partial charge >= 0.3 is 12.1 Å². The maximum atomic E-state index is 12.0. The van der Waals surface area contributed by atoms with Crippen molar-refractivity contribution in [1.29, 1.82) is 0 Å². The Bertz CT molecular complexity index is 281. The molecule has 0 aliphatic carbocycles. The Morgan fingerprint density at radius 3 is 2.38 bits per heavy atom. The summed E-state index contributed by atoms with van der Waals surface area (Å²) in [7, 11) is 0. The number of rotatable bonds is 11. The van der Waals surface area contributed by atoms with Crippen molar-refractivity contribution in [1.82, 2.24) is 0 Å². The van der Waals surface area contributed by atoms with E-state index in [9.17, 15) is 18.0 Å². The number of thioether (sulfide) groups is 1. The van der Waals surface area contributed by atoms with Gasteiger partial charge in [-0.3, -0.25) is 4.79 Å². The lowest BCUT2D eigenvalue weighted by Gasteiger charge is -2.17. The van der Waals surface area contributed by atoms with Crippen LogP contribution in [0.2, 0.25) is 0 Å². The average Bonchev–Trinajstić information content (AvgIpc) is 2.35. The van der Waals surface area contributed by atoms with Crippen LogP contribution in [0.1, 0.15) is 59.3 Å². The number of unbranched alkanes of at least 4 members (excludes halogenated alkanes) is 2. The fourth-order valence-electron chi connectivity index (χ4n) is 1.72. The van der Waals surface area contributed by atoms with Crippen LogP contribution in [0.3, 0.4) is 0 Å². The molecule has 0 saturated heterocycles. The lowest BCUT2D eigenvalue weighted by atomic mass is 10.1. The van der Waals surface area contributed by atoms with Crippen molar-refractivity contribution in [3.05, 3.63) is 0 Å². The molecule has 0 aliphatic heterocycles. The molecular weight excluding hydrogens is 301 g/mol. The van der Waals surface area contributed by atoms with Gasteiger partial charge in [0.25, 0.3) is 0 Å². The summed E-state index contributed by atoms with van der Waals surface area (Å²) < 4.78 is 41.3. The first-order chi connectivity index (χ1) is 9.76. The Morgan fingerprint density at radius 2 is 1.86 bits per heavy atom. The van der Waals surface area contributed by atoms with E-state index >= 15 is 0 Å². The van der Waals surface area contributed by atoms with Crippen LogP contribution in [-0.2, 0) is 9.53 Å². The van der Waals surface area contributed by atoms with Crippen molar-refractivity contribution in [2.45, 2.75) is 70.7 Å². The lowest BCUT2D eigenvalue weighted by molar-refractivity contribution is -0.143. The van der Waals surface area contributed by atoms with Gasteiger partial charge in [0, 0.05) is 6.42 Å². The summed E-state index contributed by atoms with van der Waals surface area (Å²) >= 11 is 1.42. The number of alkyl halides is 3. The predicted molar refractivity (Wildman–Crippen MR) is 81.5 cm³/mol. The summed E-state index contributed by atoms with van der Waals surface area (Å²) in [6.07, 6.45) is -1.72. The first-order valence-electron chi connectivity index (χ1n) is 7.61. The second kappa shape index (κ2) is 11.2. The lowest BCUT2D eigenvalue weighted by Crippen LogP contribution is -2.23. The van der Waals surface area contributed by atoms with Crippen LogP contribution in [0.25, 0.3) is 0 Å². The van der Waals surface area contributed by atoms with E-state index in [2.05, 4.69) is 0 Å². The van der Waals surface area contributed by atoms with Crippen molar-refractivity contribution in [2.75, 3.05) is 12.4 Å². The van der Waals surface area contributed by atoms with E-state index in [1.807, 2.05) is 20.8 Å². The maximum Gasteiger partial charge on any atom is 0.389 e. The zero-order chi connectivity index (χ0) is 16.3. The summed E-state index contributed by atoms with van der Waals surface area (Å²) in [4.78, 5) is 12.0. The minimum absolute atomic E-state index is 0.121. The Morgan fingerprint density at radius 1 is 1.19 bits per heavy atom. The Kier molecular flexibility index (Phi) is 11.0. The van der Waals surface area contributed by atoms with Crippen molar-refractivity contribution in [2.24, 2.45) is 5.92 Å². The topological polar surface area (TPSA) is 26.3 Å². The third-order valence-corrected chi connectivity index (χ3v) is 4.18. The minimum Gasteiger partial charge on any atom is -0.465 e. The molecule has 0 aromatic rings. The van der Waals surface area contributed by atoms with Crippen LogP contribution in [0, 0.1) is 5.92 Å². The van der Waals surface area contributed by atoms with Crippen molar-refractivity contribution >= 4 is 17.7 Å². The van der Waals surface area contributed by atoms with Gasteiger partial charge < -0.3 is 4.74 Å². The Balaban J connectivity index is 4.03. The largest absolute Gasteiger partial charge is 0.465 e. The van der Waals surface area contributed by atoms with E-state index in [0.29, 0.717) is 31.1 Å². The zero-order valence-electron chi connectivity index (χ0n) is 13.2. The number of esters is 1. The molecule has 21 heavy (non-hydrogen) atoms. The fraction of sp³-hybridized carbons (Fsp3) is 0.933. The van der Waals surface area contributed by atoms with Crippen LogP contribution >= 0.6 is 11.8 Å². The highest BCUT2D eigenvalue weighted by atomic mass is 32.2. The van der Waals surface area contributed by atoms with Gasteiger partial charge in [-0.1, -0.05) is 27.2 Å². The monoisotopic (exact) mass is 328 g/mol. The molecule has 6 heteroatoms. The molecule has 0 aliphatic rings. The second-order valence-corrected chi connectivity index (χ2v) is 6.89. The summed E-state index contributed by atoms with van der Waals surface area (Å²) in [6, 6.07) is 0. The normalized spacial score (nSPS) is 13.5. The number of carbonyl (C=O) groups is 1. The summed E-state index contributed by atoms with van der Waals surface area (Å²) in [5, 5.41) is -0.257. The van der Waals surface area contributed by atoms with Crippen molar-refractivity contribution in [3.63, 3.8) is 0 Å². The molecule has 1 atom stereocenters. The van der Waals surface area contributed by atoms with E-state index in [4.69, 9.17) is 4.74 Å². The second-order valence-electron chi connectivity index (χ2n) is 5.58. The Labute approximate surface area is 130 Å². The van der Waals surface area contributed by atoms with Crippen LogP contribution in [-0.4, -0.2) is 29.8 Å². The van der Waals surface area contributed by atoms with Gasteiger partial charge in [0.2, 0.25) is 0 Å². The van der Waals surface area contributed by atoms with Crippen molar-refractivity contribution in [3.8, 4) is 0 Å². The Hall–Kier alpha value is -0.390. The predicted octanol–water partition coefficient (Wildman–Crippen LogP) is 5.21. The highest BCUT2D eigenvalue weighted by molar-refractivity contribution is 8.00. The van der Waals surface area contributed by atoms with Crippen LogP contribution < -0.4 is 0 Å². The SMILES string of the molecule is CCCCOC(=O)C(CC(C)C)SCCCCC(F)(F)F. The molecule has 0 fully saturated rings. The van der Waals surface area contributed by atoms with Gasteiger partial charge in [0.15, 0.2) is 0 Å². The molecule has 126 valence electrons. The van der Waals surface area contributed by atoms with E-state index < -0.39 is 12.6 Å². The van der Waals surface area contributed by atoms with Crippen molar-refractivity contribution < 1.29 is 22.7 Å². The van der Waals surface area contributed by atoms with Gasteiger partial charge in [-0.25, -0.2) is 0 Å². The molecule has 0 N–H and O–H groups in total. The standard InChI is InChI=1S/C15H27F3O2S/c1-4-5-9-20-14(19)13(11-12(2)3)21-10-7-6-8-15(16,17)18/h12-13H,4-11H2,1-3H3. The number of hydrogen-bond acceptors (Lipinski definition) is 3. The fourth-order valence-corrected chi connectivity index (χ4v) is 3.10. The summed E-state index contributed by atoms with van der Waals surface area (Å²) in [6.45, 7) is 6.50. The number of hydrogen-bond donors (Lipinski definition) is 0. The molecule has 0 amide bonds. The quantitative estimate of drug-likeness (QED) is 0.385. The molecular formula is C15H27F3O2S. The molecule has 0 radical (unpaired) electrons. The highest BCUT2D eigenvalue weighted by Gasteiger charge is 2.26. The molecule has 2 nitrogen and oxygen atoms in total. The molecule has 0 heterocycles. The summed E-state index contributed by atoms with van der Waals surface area (Å²) in [5.74, 6) is 0.699. The smallest absolute Gasteiger partial charge is 0.389 e. The molecule has 1 unspecified atom stereocenters. The van der Waals surface area contributed by atoms with E-state index in [1.54, 1.807) is 0 Å². The van der Waals surface area contributed by atoms with Gasteiger partial charge in [0.05, 0.1) is 6.61 Å². The molecule has 0 saturated carbocycles. The summed E-state index contributed by atoms with van der Waals surface area (Å²) in [5.41, 5.74) is 0. The van der Waals surface area contributed by atoms with Crippen LogP contribution in [0.15, 0.2) is 0 Å². The third-order valence-electron chi connectivity index (χ3n) is 2.86. The molecule has 0 rings (SSSR count). The van der Waals surface area contributed by atoms with E-state index in [1.165, 1.54) is 11.8 Å². The minimum atomic E-state index is -4.08. The first-order valence-corrected chi connectivity index (χ1v) is 8.66. The highest BCUT2D eigenvalue weighted by Crippen LogP contribution is 2.25. The van der Waals surface area contributed by atoms with Gasteiger partial charge in [0.1, 0.15) is 5.25 Å². The van der Waals surface area contributed by atoms with Gasteiger partial charge in [-0.15, -0.1) is 11.8 Å². The number of ether oxygens (including phenoxy) is 1. The molecule has 0 spiro atoms. The van der Waals surface area contributed by atoms with Crippen LogP contribution in [0.4, 0.5) is 13.2 Å². The van der Waals surface area contributed by atoms with E-state index in [-0.39, 0.29) is 17.6 Å². The average molecular weight is 328 g/mol.